The molecule has 0 saturated heterocycles. The van der Waals surface area contributed by atoms with Crippen LogP contribution in [0.4, 0.5) is 0 Å². The minimum absolute atomic E-state index is 0.0373. The topological polar surface area (TPSA) is 64.0 Å². The highest BCUT2D eigenvalue weighted by Gasteiger charge is 2.15. The van der Waals surface area contributed by atoms with Crippen LogP contribution in [0.15, 0.2) is 34.2 Å². The fourth-order valence-electron chi connectivity index (χ4n) is 2.38. The predicted molar refractivity (Wildman–Crippen MR) is 104 cm³/mol. The van der Waals surface area contributed by atoms with Crippen molar-refractivity contribution in [1.29, 1.82) is 0 Å². The van der Waals surface area contributed by atoms with Crippen LogP contribution in [0.2, 0.25) is 0 Å². The molecule has 2 aromatic rings. The molecule has 0 fully saturated rings. The lowest BCUT2D eigenvalue weighted by molar-refractivity contribution is -0.119. The first kappa shape index (κ1) is 19.5. The number of carbonyl (C=O) groups excluding carboxylic acids is 1. The summed E-state index contributed by atoms with van der Waals surface area (Å²) in [5.74, 6) is 0.909. The molecule has 0 radical (unpaired) electrons. The van der Waals surface area contributed by atoms with Gasteiger partial charge in [-0.05, 0) is 30.9 Å². The molecule has 25 heavy (non-hydrogen) atoms. The fourth-order valence-corrected chi connectivity index (χ4v) is 3.20. The second kappa shape index (κ2) is 8.52. The summed E-state index contributed by atoms with van der Waals surface area (Å²) in [5, 5.41) is 4.20. The summed E-state index contributed by atoms with van der Waals surface area (Å²) < 4.78 is 1.69. The smallest absolute Gasteiger partial charge is 0.262 e. The molecule has 1 heterocycles. The van der Waals surface area contributed by atoms with Gasteiger partial charge in [-0.25, -0.2) is 4.98 Å². The van der Waals surface area contributed by atoms with Gasteiger partial charge in [0.2, 0.25) is 5.91 Å². The Morgan fingerprint density at radius 1 is 1.20 bits per heavy atom. The fraction of sp³-hybridized carbons (Fsp3) is 0.526. The number of aromatic nitrogens is 2. The van der Waals surface area contributed by atoms with Crippen molar-refractivity contribution in [3.8, 4) is 0 Å². The van der Waals surface area contributed by atoms with E-state index in [0.717, 1.165) is 0 Å². The first-order chi connectivity index (χ1) is 11.8. The van der Waals surface area contributed by atoms with Crippen LogP contribution in [0.3, 0.4) is 0 Å². The number of benzene rings is 1. The average molecular weight is 362 g/mol. The van der Waals surface area contributed by atoms with E-state index < -0.39 is 0 Å². The third-order valence-electron chi connectivity index (χ3n) is 4.10. The largest absolute Gasteiger partial charge is 0.353 e. The van der Waals surface area contributed by atoms with Crippen molar-refractivity contribution in [2.24, 2.45) is 11.8 Å². The Labute approximate surface area is 153 Å². The molecule has 1 aromatic carbocycles. The van der Waals surface area contributed by atoms with E-state index in [2.05, 4.69) is 38.0 Å². The van der Waals surface area contributed by atoms with Gasteiger partial charge in [0.25, 0.3) is 5.56 Å². The van der Waals surface area contributed by atoms with Crippen molar-refractivity contribution >= 4 is 28.6 Å². The molecule has 1 N–H and O–H groups in total. The van der Waals surface area contributed by atoms with E-state index >= 15 is 0 Å². The van der Waals surface area contributed by atoms with Gasteiger partial charge < -0.3 is 5.32 Å². The van der Waals surface area contributed by atoms with Crippen molar-refractivity contribution in [2.45, 2.75) is 52.4 Å². The number of rotatable bonds is 7. The van der Waals surface area contributed by atoms with Crippen LogP contribution in [0, 0.1) is 11.8 Å². The highest BCUT2D eigenvalue weighted by atomic mass is 32.2. The number of fused-ring (bicyclic) bond motifs is 1. The quantitative estimate of drug-likeness (QED) is 0.607. The van der Waals surface area contributed by atoms with E-state index in [4.69, 9.17) is 0 Å². The molecule has 1 amide bonds. The molecule has 0 aliphatic carbocycles. The molecule has 0 aliphatic heterocycles. The third-order valence-corrected chi connectivity index (χ3v) is 5.07. The number of carbonyl (C=O) groups is 1. The monoisotopic (exact) mass is 361 g/mol. The molecule has 6 heteroatoms. The normalized spacial score (nSPS) is 12.8. The number of amides is 1. The van der Waals surface area contributed by atoms with Crippen molar-refractivity contribution in [1.82, 2.24) is 14.9 Å². The van der Waals surface area contributed by atoms with Gasteiger partial charge in [0, 0.05) is 12.6 Å². The molecule has 0 spiro atoms. The van der Waals surface area contributed by atoms with Crippen molar-refractivity contribution in [3.63, 3.8) is 0 Å². The first-order valence-electron chi connectivity index (χ1n) is 8.71. The summed E-state index contributed by atoms with van der Waals surface area (Å²) in [6.45, 7) is 10.9. The van der Waals surface area contributed by atoms with E-state index in [1.54, 1.807) is 10.6 Å². The van der Waals surface area contributed by atoms with Gasteiger partial charge in [-0.15, -0.1) is 0 Å². The molecule has 136 valence electrons. The Morgan fingerprint density at radius 2 is 1.88 bits per heavy atom. The van der Waals surface area contributed by atoms with Crippen LogP contribution < -0.4 is 10.9 Å². The first-order valence-corrected chi connectivity index (χ1v) is 9.70. The summed E-state index contributed by atoms with van der Waals surface area (Å²) in [7, 11) is 0. The van der Waals surface area contributed by atoms with Gasteiger partial charge in [-0.3, -0.25) is 14.2 Å². The molecule has 0 saturated carbocycles. The SMILES string of the molecule is CC(C)Cn1c(SCC(=O)NC(C)C(C)C)nc2ccccc2c1=O. The maximum atomic E-state index is 12.8. The molecule has 2 rings (SSSR count). The van der Waals surface area contributed by atoms with Crippen molar-refractivity contribution < 1.29 is 4.79 Å². The van der Waals surface area contributed by atoms with E-state index in [1.165, 1.54) is 11.8 Å². The average Bonchev–Trinajstić information content (AvgIpc) is 2.55. The molecule has 5 nitrogen and oxygen atoms in total. The number of hydrogen-bond donors (Lipinski definition) is 1. The summed E-state index contributed by atoms with van der Waals surface area (Å²) in [6, 6.07) is 7.47. The van der Waals surface area contributed by atoms with E-state index in [1.807, 2.05) is 25.1 Å². The summed E-state index contributed by atoms with van der Waals surface area (Å²) >= 11 is 1.32. The van der Waals surface area contributed by atoms with Gasteiger partial charge in [-0.2, -0.15) is 0 Å². The van der Waals surface area contributed by atoms with Gasteiger partial charge >= 0.3 is 0 Å². The Kier molecular flexibility index (Phi) is 6.64. The van der Waals surface area contributed by atoms with Crippen LogP contribution in [-0.4, -0.2) is 27.3 Å². The maximum absolute atomic E-state index is 12.8. The summed E-state index contributed by atoms with van der Waals surface area (Å²) in [6.07, 6.45) is 0. The van der Waals surface area contributed by atoms with Gasteiger partial charge in [-0.1, -0.05) is 51.6 Å². The minimum Gasteiger partial charge on any atom is -0.353 e. The molecular weight excluding hydrogens is 334 g/mol. The Morgan fingerprint density at radius 3 is 2.52 bits per heavy atom. The molecular formula is C19H27N3O2S. The lowest BCUT2D eigenvalue weighted by Gasteiger charge is -2.18. The van der Waals surface area contributed by atoms with Crippen LogP contribution in [0.5, 0.6) is 0 Å². The predicted octanol–water partition coefficient (Wildman–Crippen LogP) is 3.31. The van der Waals surface area contributed by atoms with E-state index in [0.29, 0.717) is 34.4 Å². The molecule has 1 unspecified atom stereocenters. The number of hydrogen-bond acceptors (Lipinski definition) is 4. The van der Waals surface area contributed by atoms with Crippen LogP contribution in [0.1, 0.15) is 34.6 Å². The van der Waals surface area contributed by atoms with Crippen LogP contribution in [-0.2, 0) is 11.3 Å². The van der Waals surface area contributed by atoms with Gasteiger partial charge in [0.05, 0.1) is 16.7 Å². The highest BCUT2D eigenvalue weighted by molar-refractivity contribution is 7.99. The second-order valence-electron chi connectivity index (χ2n) is 7.11. The van der Waals surface area contributed by atoms with Gasteiger partial charge in [0.15, 0.2) is 5.16 Å². The molecule has 1 aromatic heterocycles. The van der Waals surface area contributed by atoms with Gasteiger partial charge in [0.1, 0.15) is 0 Å². The lowest BCUT2D eigenvalue weighted by Crippen LogP contribution is -2.37. The van der Waals surface area contributed by atoms with Crippen molar-refractivity contribution in [2.75, 3.05) is 5.75 Å². The second-order valence-corrected chi connectivity index (χ2v) is 8.05. The van der Waals surface area contributed by atoms with E-state index in [9.17, 15) is 9.59 Å². The minimum atomic E-state index is -0.0437. The third kappa shape index (κ3) is 5.08. The molecule has 0 aliphatic rings. The number of para-hydroxylation sites is 1. The van der Waals surface area contributed by atoms with Crippen LogP contribution >= 0.6 is 11.8 Å². The van der Waals surface area contributed by atoms with Crippen molar-refractivity contribution in [3.05, 3.63) is 34.6 Å². The van der Waals surface area contributed by atoms with E-state index in [-0.39, 0.29) is 23.3 Å². The Balaban J connectivity index is 2.26. The zero-order chi connectivity index (χ0) is 18.6. The highest BCUT2D eigenvalue weighted by Crippen LogP contribution is 2.19. The standard InChI is InChI=1S/C19H27N3O2S/c1-12(2)10-22-18(24)15-8-6-7-9-16(15)21-19(22)25-11-17(23)20-14(5)13(3)4/h6-9,12-14H,10-11H2,1-5H3,(H,20,23). The zero-order valence-electron chi connectivity index (χ0n) is 15.6. The Bertz CT molecular complexity index is 799. The molecule has 1 atom stereocenters. The van der Waals surface area contributed by atoms with Crippen LogP contribution in [0.25, 0.3) is 10.9 Å². The maximum Gasteiger partial charge on any atom is 0.262 e. The number of thioether (sulfide) groups is 1. The molecule has 0 bridgehead atoms. The number of nitrogens with zero attached hydrogens (tertiary/aromatic N) is 2. The lowest BCUT2D eigenvalue weighted by atomic mass is 10.1. The Hall–Kier alpha value is -1.82. The zero-order valence-corrected chi connectivity index (χ0v) is 16.4. The number of nitrogens with one attached hydrogen (secondary N) is 1. The summed E-state index contributed by atoms with van der Waals surface area (Å²) in [4.78, 5) is 29.6. The summed E-state index contributed by atoms with van der Waals surface area (Å²) in [5.41, 5.74) is 0.628.